The Balaban J connectivity index is 1.99. The fourth-order valence-corrected chi connectivity index (χ4v) is 3.76. The van der Waals surface area contributed by atoms with Crippen molar-refractivity contribution in [3.8, 4) is 23.1 Å². The number of nitrogens with zero attached hydrogens (tertiary/aromatic N) is 3. The summed E-state index contributed by atoms with van der Waals surface area (Å²) in [5.41, 5.74) is 2.70. The number of hydrogen-bond acceptors (Lipinski definition) is 6. The maximum atomic E-state index is 10.6. The lowest BCUT2D eigenvalue weighted by Gasteiger charge is -2.25. The van der Waals surface area contributed by atoms with Gasteiger partial charge in [0.05, 0.1) is 36.8 Å². The van der Waals surface area contributed by atoms with Gasteiger partial charge in [-0.3, -0.25) is 4.90 Å². The number of aryl methyl sites for hydroxylation is 1. The van der Waals surface area contributed by atoms with Crippen molar-refractivity contribution in [2.45, 2.75) is 32.4 Å². The van der Waals surface area contributed by atoms with E-state index in [-0.39, 0.29) is 0 Å². The van der Waals surface area contributed by atoms with Gasteiger partial charge in [-0.2, -0.15) is 5.10 Å². The highest BCUT2D eigenvalue weighted by Gasteiger charge is 2.23. The van der Waals surface area contributed by atoms with Crippen LogP contribution in [0.3, 0.4) is 0 Å². The Kier molecular flexibility index (Phi) is 9.70. The van der Waals surface area contributed by atoms with Crippen molar-refractivity contribution in [2.75, 3.05) is 33.9 Å². The number of para-hydroxylation sites is 3. The van der Waals surface area contributed by atoms with Crippen molar-refractivity contribution >= 4 is 0 Å². The van der Waals surface area contributed by atoms with Gasteiger partial charge in [0.2, 0.25) is 5.88 Å². The maximum Gasteiger partial charge on any atom is 0.227 e. The van der Waals surface area contributed by atoms with Crippen LogP contribution in [0.2, 0.25) is 0 Å². The van der Waals surface area contributed by atoms with Crippen LogP contribution in [-0.4, -0.2) is 59.8 Å². The van der Waals surface area contributed by atoms with Crippen LogP contribution >= 0.6 is 0 Å². The molecule has 0 bridgehead atoms. The summed E-state index contributed by atoms with van der Waals surface area (Å²) in [4.78, 5) is 2.17. The van der Waals surface area contributed by atoms with Crippen molar-refractivity contribution in [3.05, 3.63) is 78.5 Å². The molecule has 7 nitrogen and oxygen atoms in total. The number of rotatable bonds is 14. The second kappa shape index (κ2) is 12.9. The first-order valence-electron chi connectivity index (χ1n) is 11.5. The minimum atomic E-state index is -0.460. The van der Waals surface area contributed by atoms with E-state index in [4.69, 9.17) is 19.3 Å². The number of benzene rings is 2. The van der Waals surface area contributed by atoms with Crippen molar-refractivity contribution in [3.63, 3.8) is 0 Å². The molecule has 1 aromatic heterocycles. The monoisotopic (exact) mass is 465 g/mol. The van der Waals surface area contributed by atoms with Gasteiger partial charge in [0, 0.05) is 26.7 Å². The molecule has 0 saturated heterocycles. The molecule has 1 heterocycles. The van der Waals surface area contributed by atoms with Gasteiger partial charge in [0.15, 0.2) is 11.5 Å². The van der Waals surface area contributed by atoms with Crippen LogP contribution in [0.4, 0.5) is 0 Å². The first-order chi connectivity index (χ1) is 16.6. The van der Waals surface area contributed by atoms with Gasteiger partial charge < -0.3 is 19.3 Å². The molecule has 0 aliphatic heterocycles. The van der Waals surface area contributed by atoms with Gasteiger partial charge >= 0.3 is 0 Å². The van der Waals surface area contributed by atoms with Crippen molar-refractivity contribution in [2.24, 2.45) is 0 Å². The molecule has 0 fully saturated rings. The van der Waals surface area contributed by atoms with E-state index in [1.54, 1.807) is 14.2 Å². The van der Waals surface area contributed by atoms with E-state index < -0.39 is 6.10 Å². The second-order valence-corrected chi connectivity index (χ2v) is 8.12. The average molecular weight is 466 g/mol. The minimum Gasteiger partial charge on any atom is -0.493 e. The first-order valence-corrected chi connectivity index (χ1v) is 11.5. The largest absolute Gasteiger partial charge is 0.493 e. The summed E-state index contributed by atoms with van der Waals surface area (Å²) in [6.07, 6.45) is 2.81. The zero-order chi connectivity index (χ0) is 24.3. The first kappa shape index (κ1) is 25.5. The van der Waals surface area contributed by atoms with Gasteiger partial charge in [0.25, 0.3) is 0 Å². The van der Waals surface area contributed by atoms with Crippen LogP contribution in [0.15, 0.2) is 67.3 Å². The smallest absolute Gasteiger partial charge is 0.227 e. The number of aliphatic hydroxyl groups is 1. The fraction of sp³-hybridized carbons (Fsp3) is 0.370. The topological polar surface area (TPSA) is 69.0 Å². The molecular weight excluding hydrogens is 430 g/mol. The molecule has 34 heavy (non-hydrogen) atoms. The Morgan fingerprint density at radius 2 is 1.79 bits per heavy atom. The lowest BCUT2D eigenvalue weighted by molar-refractivity contribution is 0.0804. The second-order valence-electron chi connectivity index (χ2n) is 8.12. The van der Waals surface area contributed by atoms with Gasteiger partial charge in [0.1, 0.15) is 0 Å². The highest BCUT2D eigenvalue weighted by atomic mass is 16.5. The van der Waals surface area contributed by atoms with Crippen LogP contribution in [0.1, 0.15) is 24.1 Å². The predicted octanol–water partition coefficient (Wildman–Crippen LogP) is 4.76. The van der Waals surface area contributed by atoms with E-state index in [1.807, 2.05) is 72.3 Å². The third-order valence-corrected chi connectivity index (χ3v) is 5.58. The molecule has 2 aromatic carbocycles. The third kappa shape index (κ3) is 6.70. The number of aromatic nitrogens is 2. The number of allylic oxidation sites excluding steroid dienone is 1. The maximum absolute atomic E-state index is 10.6. The van der Waals surface area contributed by atoms with Crippen molar-refractivity contribution in [1.82, 2.24) is 14.7 Å². The Morgan fingerprint density at radius 3 is 2.47 bits per heavy atom. The Bertz CT molecular complexity index is 1040. The van der Waals surface area contributed by atoms with Gasteiger partial charge in [-0.1, -0.05) is 36.4 Å². The predicted molar refractivity (Wildman–Crippen MR) is 134 cm³/mol. The Hall–Kier alpha value is -3.13. The lowest BCUT2D eigenvalue weighted by Crippen LogP contribution is -2.34. The van der Waals surface area contributed by atoms with Crippen LogP contribution in [0.25, 0.3) is 5.69 Å². The molecule has 0 radical (unpaired) electrons. The van der Waals surface area contributed by atoms with Crippen LogP contribution in [0.5, 0.6) is 17.4 Å². The third-order valence-electron chi connectivity index (χ3n) is 5.58. The molecule has 0 aliphatic carbocycles. The molecule has 1 atom stereocenters. The van der Waals surface area contributed by atoms with Crippen molar-refractivity contribution in [1.29, 1.82) is 0 Å². The summed E-state index contributed by atoms with van der Waals surface area (Å²) < 4.78 is 19.1. The fourth-order valence-electron chi connectivity index (χ4n) is 3.76. The SMILES string of the molecule is C=CCC[C@@H](O)CN(CCOC)Cc1c(C)nn(-c2ccccc2)c1Oc1ccccc1OC. The van der Waals surface area contributed by atoms with E-state index in [0.717, 1.165) is 23.4 Å². The molecule has 182 valence electrons. The summed E-state index contributed by atoms with van der Waals surface area (Å²) in [5, 5.41) is 15.4. The molecule has 0 saturated carbocycles. The molecule has 0 spiro atoms. The van der Waals surface area contributed by atoms with E-state index in [9.17, 15) is 5.11 Å². The highest BCUT2D eigenvalue weighted by Crippen LogP contribution is 2.36. The molecule has 3 rings (SSSR count). The van der Waals surface area contributed by atoms with E-state index in [2.05, 4.69) is 11.5 Å². The van der Waals surface area contributed by atoms with Gasteiger partial charge in [-0.05, 0) is 44.0 Å². The average Bonchev–Trinajstić information content (AvgIpc) is 3.16. The minimum absolute atomic E-state index is 0.460. The number of methoxy groups -OCH3 is 2. The quantitative estimate of drug-likeness (QED) is 0.346. The summed E-state index contributed by atoms with van der Waals surface area (Å²) in [6, 6.07) is 17.5. The highest BCUT2D eigenvalue weighted by molar-refractivity contribution is 5.47. The Morgan fingerprint density at radius 1 is 1.09 bits per heavy atom. The molecule has 7 heteroatoms. The summed E-state index contributed by atoms with van der Waals surface area (Å²) in [7, 11) is 3.31. The number of ether oxygens (including phenoxy) is 3. The normalized spacial score (nSPS) is 12.0. The Labute approximate surface area is 202 Å². The number of hydrogen-bond donors (Lipinski definition) is 1. The molecule has 0 amide bonds. The summed E-state index contributed by atoms with van der Waals surface area (Å²) in [5.74, 6) is 1.87. The van der Waals surface area contributed by atoms with Gasteiger partial charge in [-0.15, -0.1) is 6.58 Å². The van der Waals surface area contributed by atoms with Gasteiger partial charge in [-0.25, -0.2) is 4.68 Å². The van der Waals surface area contributed by atoms with Crippen LogP contribution < -0.4 is 9.47 Å². The summed E-state index contributed by atoms with van der Waals surface area (Å²) >= 11 is 0. The zero-order valence-corrected chi connectivity index (χ0v) is 20.3. The molecule has 0 unspecified atom stereocenters. The lowest BCUT2D eigenvalue weighted by atomic mass is 10.1. The molecule has 1 N–H and O–H groups in total. The molecule has 0 aliphatic rings. The standard InChI is InChI=1S/C27H35N3O4/c1-5-6-14-23(31)19-29(17-18-32-3)20-24-21(2)28-30(22-12-8-7-9-13-22)27(24)34-26-16-11-10-15-25(26)33-4/h5,7-13,15-16,23,31H,1,6,14,17-20H2,2-4H3/t23-/m1/s1. The van der Waals surface area contributed by atoms with E-state index in [0.29, 0.717) is 50.0 Å². The number of aliphatic hydroxyl groups excluding tert-OH is 1. The molecule has 3 aromatic rings. The van der Waals surface area contributed by atoms with Crippen LogP contribution in [0, 0.1) is 6.92 Å². The van der Waals surface area contributed by atoms with Crippen molar-refractivity contribution < 1.29 is 19.3 Å². The van der Waals surface area contributed by atoms with E-state index >= 15 is 0 Å². The summed E-state index contributed by atoms with van der Waals surface area (Å²) in [6.45, 7) is 8.03. The zero-order valence-electron chi connectivity index (χ0n) is 20.3. The van der Waals surface area contributed by atoms with E-state index in [1.165, 1.54) is 0 Å². The van der Waals surface area contributed by atoms with Crippen LogP contribution in [-0.2, 0) is 11.3 Å². The molecular formula is C27H35N3O4.